The molecule has 2 unspecified atom stereocenters. The third-order valence-corrected chi connectivity index (χ3v) is 4.49. The number of carboxylic acids is 1. The number of nitrogens with zero attached hydrogens (tertiary/aromatic N) is 1. The minimum absolute atomic E-state index is 0.0184. The first-order valence-electron chi connectivity index (χ1n) is 7.27. The Morgan fingerprint density at radius 3 is 2.53 bits per heavy atom. The van der Waals surface area contributed by atoms with Crippen LogP contribution < -0.4 is 5.32 Å². The quantitative estimate of drug-likeness (QED) is 0.805. The van der Waals surface area contributed by atoms with Crippen LogP contribution in [0.2, 0.25) is 0 Å². The zero-order valence-corrected chi connectivity index (χ0v) is 11.8. The van der Waals surface area contributed by atoms with E-state index in [9.17, 15) is 9.59 Å². The number of nitrogens with one attached hydrogen (secondary N) is 1. The van der Waals surface area contributed by atoms with Gasteiger partial charge in [-0.1, -0.05) is 6.92 Å². The molecule has 19 heavy (non-hydrogen) atoms. The molecule has 1 aliphatic carbocycles. The molecule has 2 fully saturated rings. The van der Waals surface area contributed by atoms with E-state index in [1.165, 1.54) is 6.42 Å². The molecule has 4 atom stereocenters. The van der Waals surface area contributed by atoms with Gasteiger partial charge in [0.25, 0.3) is 0 Å². The number of aliphatic carboxylic acids is 1. The minimum atomic E-state index is -0.739. The zero-order valence-electron chi connectivity index (χ0n) is 11.8. The Hall–Kier alpha value is -1.26. The van der Waals surface area contributed by atoms with Crippen LogP contribution in [-0.2, 0) is 4.79 Å². The van der Waals surface area contributed by atoms with Gasteiger partial charge in [0.2, 0.25) is 0 Å². The lowest BCUT2D eigenvalue weighted by Crippen LogP contribution is -2.51. The Kier molecular flexibility index (Phi) is 4.32. The van der Waals surface area contributed by atoms with Crippen molar-refractivity contribution in [3.63, 3.8) is 0 Å². The third kappa shape index (κ3) is 3.39. The van der Waals surface area contributed by atoms with Crippen LogP contribution in [0.25, 0.3) is 0 Å². The highest BCUT2D eigenvalue weighted by Crippen LogP contribution is 2.27. The van der Waals surface area contributed by atoms with Gasteiger partial charge in [0.1, 0.15) is 0 Å². The van der Waals surface area contributed by atoms with Crippen molar-refractivity contribution >= 4 is 12.0 Å². The molecule has 0 spiro atoms. The number of hydrogen-bond acceptors (Lipinski definition) is 2. The lowest BCUT2D eigenvalue weighted by molar-refractivity contribution is -0.141. The first kappa shape index (κ1) is 14.2. The molecule has 1 saturated heterocycles. The van der Waals surface area contributed by atoms with E-state index in [2.05, 4.69) is 19.2 Å². The number of carbonyl (C=O) groups is 2. The van der Waals surface area contributed by atoms with Crippen LogP contribution in [0.5, 0.6) is 0 Å². The van der Waals surface area contributed by atoms with Crippen molar-refractivity contribution in [1.29, 1.82) is 0 Å². The maximum atomic E-state index is 12.3. The molecule has 0 aromatic heterocycles. The summed E-state index contributed by atoms with van der Waals surface area (Å²) in [6.07, 6.45) is 4.25. The van der Waals surface area contributed by atoms with Crippen LogP contribution in [0, 0.1) is 11.8 Å². The SMILES string of the molecule is CC1CCC(C)N(C(=O)N[C@H]2CC[C@@H](C(=O)O)C2)C1. The summed E-state index contributed by atoms with van der Waals surface area (Å²) in [5.41, 5.74) is 0. The van der Waals surface area contributed by atoms with Crippen LogP contribution in [0.3, 0.4) is 0 Å². The Morgan fingerprint density at radius 2 is 1.89 bits per heavy atom. The molecule has 5 nitrogen and oxygen atoms in total. The van der Waals surface area contributed by atoms with E-state index >= 15 is 0 Å². The Labute approximate surface area is 114 Å². The van der Waals surface area contributed by atoms with Gasteiger partial charge in [-0.15, -0.1) is 0 Å². The van der Waals surface area contributed by atoms with Gasteiger partial charge >= 0.3 is 12.0 Å². The normalized spacial score (nSPS) is 35.2. The monoisotopic (exact) mass is 268 g/mol. The number of carbonyl (C=O) groups excluding carboxylic acids is 1. The number of hydrogen-bond donors (Lipinski definition) is 2. The highest BCUT2D eigenvalue weighted by molar-refractivity contribution is 5.75. The average molecular weight is 268 g/mol. The van der Waals surface area contributed by atoms with Gasteiger partial charge in [0, 0.05) is 18.6 Å². The van der Waals surface area contributed by atoms with Crippen molar-refractivity contribution in [2.24, 2.45) is 11.8 Å². The molecule has 1 aliphatic heterocycles. The number of likely N-dealkylation sites (tertiary alicyclic amines) is 1. The van der Waals surface area contributed by atoms with Crippen LogP contribution in [0.15, 0.2) is 0 Å². The summed E-state index contributed by atoms with van der Waals surface area (Å²) >= 11 is 0. The number of amides is 2. The molecule has 2 rings (SSSR count). The molecule has 2 N–H and O–H groups in total. The predicted octanol–water partition coefficient (Wildman–Crippen LogP) is 2.07. The Balaban J connectivity index is 1.85. The van der Waals surface area contributed by atoms with Crippen LogP contribution in [-0.4, -0.2) is 40.6 Å². The number of piperidine rings is 1. The van der Waals surface area contributed by atoms with E-state index in [-0.39, 0.29) is 24.0 Å². The summed E-state index contributed by atoms with van der Waals surface area (Å²) in [7, 11) is 0. The first-order valence-corrected chi connectivity index (χ1v) is 7.27. The maximum absolute atomic E-state index is 12.3. The zero-order chi connectivity index (χ0) is 14.0. The highest BCUT2D eigenvalue weighted by Gasteiger charge is 2.33. The summed E-state index contributed by atoms with van der Waals surface area (Å²) in [6.45, 7) is 5.06. The van der Waals surface area contributed by atoms with Gasteiger partial charge in [0.05, 0.1) is 5.92 Å². The van der Waals surface area contributed by atoms with Crippen molar-refractivity contribution in [2.75, 3.05) is 6.54 Å². The van der Waals surface area contributed by atoms with Crippen LogP contribution in [0.4, 0.5) is 4.79 Å². The summed E-state index contributed by atoms with van der Waals surface area (Å²) in [4.78, 5) is 25.1. The van der Waals surface area contributed by atoms with Gasteiger partial charge in [0.15, 0.2) is 0 Å². The fourth-order valence-corrected chi connectivity index (χ4v) is 3.17. The Bertz CT molecular complexity index is 359. The number of carboxylic acid groups (broad SMARTS) is 1. The molecule has 5 heteroatoms. The molecule has 2 aliphatic rings. The summed E-state index contributed by atoms with van der Waals surface area (Å²) in [5.74, 6) is -0.475. The molecule has 1 saturated carbocycles. The smallest absolute Gasteiger partial charge is 0.317 e. The second-order valence-corrected chi connectivity index (χ2v) is 6.18. The van der Waals surface area contributed by atoms with Gasteiger partial charge in [-0.25, -0.2) is 4.79 Å². The number of rotatable bonds is 2. The lowest BCUT2D eigenvalue weighted by Gasteiger charge is -2.37. The standard InChI is InChI=1S/C14H24N2O3/c1-9-3-4-10(2)16(8-9)14(19)15-12-6-5-11(7-12)13(17)18/h9-12H,3-8H2,1-2H3,(H,15,19)(H,17,18)/t9?,10?,11-,12+/m1/s1. The van der Waals surface area contributed by atoms with E-state index in [0.717, 1.165) is 19.4 Å². The molecule has 0 bridgehead atoms. The first-order chi connectivity index (χ1) is 8.97. The highest BCUT2D eigenvalue weighted by atomic mass is 16.4. The van der Waals surface area contributed by atoms with Crippen molar-refractivity contribution in [2.45, 2.75) is 58.0 Å². The molecule has 2 amide bonds. The molecule has 0 aromatic rings. The fourth-order valence-electron chi connectivity index (χ4n) is 3.17. The third-order valence-electron chi connectivity index (χ3n) is 4.49. The largest absolute Gasteiger partial charge is 0.481 e. The predicted molar refractivity (Wildman–Crippen MR) is 71.9 cm³/mol. The maximum Gasteiger partial charge on any atom is 0.317 e. The molecular weight excluding hydrogens is 244 g/mol. The van der Waals surface area contributed by atoms with Crippen molar-refractivity contribution < 1.29 is 14.7 Å². The van der Waals surface area contributed by atoms with Crippen LogP contribution >= 0.6 is 0 Å². The molecular formula is C14H24N2O3. The second-order valence-electron chi connectivity index (χ2n) is 6.18. The van der Waals surface area contributed by atoms with Crippen molar-refractivity contribution in [3.05, 3.63) is 0 Å². The molecule has 0 radical (unpaired) electrons. The average Bonchev–Trinajstić information content (AvgIpc) is 2.80. The second kappa shape index (κ2) is 5.80. The molecule has 0 aromatic carbocycles. The minimum Gasteiger partial charge on any atom is -0.481 e. The van der Waals surface area contributed by atoms with E-state index in [1.807, 2.05) is 4.90 Å². The Morgan fingerprint density at radius 1 is 1.16 bits per heavy atom. The van der Waals surface area contributed by atoms with Gasteiger partial charge in [-0.2, -0.15) is 0 Å². The van der Waals surface area contributed by atoms with E-state index < -0.39 is 5.97 Å². The summed E-state index contributed by atoms with van der Waals surface area (Å²) < 4.78 is 0. The van der Waals surface area contributed by atoms with Crippen molar-refractivity contribution in [1.82, 2.24) is 10.2 Å². The van der Waals surface area contributed by atoms with E-state index in [1.54, 1.807) is 0 Å². The van der Waals surface area contributed by atoms with Crippen LogP contribution in [0.1, 0.15) is 46.0 Å². The topological polar surface area (TPSA) is 69.6 Å². The lowest BCUT2D eigenvalue weighted by atomic mass is 9.95. The fraction of sp³-hybridized carbons (Fsp3) is 0.857. The van der Waals surface area contributed by atoms with E-state index in [4.69, 9.17) is 5.11 Å². The van der Waals surface area contributed by atoms with Gasteiger partial charge in [-0.05, 0) is 44.9 Å². The summed E-state index contributed by atoms with van der Waals surface area (Å²) in [6, 6.07) is 0.293. The van der Waals surface area contributed by atoms with Crippen molar-refractivity contribution in [3.8, 4) is 0 Å². The van der Waals surface area contributed by atoms with E-state index in [0.29, 0.717) is 18.8 Å². The molecule has 1 heterocycles. The van der Waals surface area contributed by atoms with Gasteiger partial charge in [-0.3, -0.25) is 4.79 Å². The number of urea groups is 1. The van der Waals surface area contributed by atoms with Gasteiger partial charge < -0.3 is 15.3 Å². The molecule has 108 valence electrons. The summed E-state index contributed by atoms with van der Waals surface area (Å²) in [5, 5.41) is 12.0.